The number of amides is 4. The van der Waals surface area contributed by atoms with E-state index in [1.54, 1.807) is 20.8 Å². The summed E-state index contributed by atoms with van der Waals surface area (Å²) in [5, 5.41) is 10.7. The third-order valence-electron chi connectivity index (χ3n) is 4.70. The maximum absolute atomic E-state index is 12.8. The molecule has 0 aliphatic carbocycles. The molecule has 0 fully saturated rings. The molecule has 4 amide bonds. The van der Waals surface area contributed by atoms with Gasteiger partial charge in [-0.05, 0) is 26.2 Å². The number of hydrogen-bond acceptors (Lipinski definition) is 6. The molecule has 32 heavy (non-hydrogen) atoms. The van der Waals surface area contributed by atoms with Gasteiger partial charge in [0.15, 0.2) is 5.78 Å². The lowest BCUT2D eigenvalue weighted by Gasteiger charge is -2.26. The Morgan fingerprint density at radius 3 is 1.62 bits per heavy atom. The van der Waals surface area contributed by atoms with Gasteiger partial charge in [0.05, 0.1) is 18.5 Å². The molecule has 0 aliphatic heterocycles. The van der Waals surface area contributed by atoms with Crippen molar-refractivity contribution in [2.24, 2.45) is 17.6 Å². The summed E-state index contributed by atoms with van der Waals surface area (Å²) >= 11 is 0. The van der Waals surface area contributed by atoms with E-state index in [0.717, 1.165) is 0 Å². The number of rotatable bonds is 14. The molecule has 0 spiro atoms. The minimum absolute atomic E-state index is 0.0795. The summed E-state index contributed by atoms with van der Waals surface area (Å²) in [6.07, 6.45) is -0.0129. The molecule has 0 unspecified atom stereocenters. The second-order valence-electron chi connectivity index (χ2n) is 9.25. The highest BCUT2D eigenvalue weighted by molar-refractivity contribution is 5.97. The topological polar surface area (TPSA) is 159 Å². The van der Waals surface area contributed by atoms with E-state index in [1.165, 1.54) is 6.92 Å². The smallest absolute Gasteiger partial charge is 0.243 e. The van der Waals surface area contributed by atoms with Crippen LogP contribution in [-0.2, 0) is 24.0 Å². The molecule has 0 heterocycles. The van der Waals surface area contributed by atoms with Gasteiger partial charge >= 0.3 is 0 Å². The standard InChI is InChI=1S/C22H41N5O5/c1-11(2)9-16(19(29)12(3)4)26-22(32)17(10-18(23)28)27-21(31)15(8)25-20(30)14(7)24-13(5)6/h11-17,24H,9-10H2,1-8H3,(H2,23,28)(H,25,30)(H,26,32)(H,27,31)/t14-,15-,16-,17-/m0/s1. The molecule has 0 aromatic rings. The van der Waals surface area contributed by atoms with Crippen LogP contribution in [0.3, 0.4) is 0 Å². The average molecular weight is 456 g/mol. The molecule has 0 saturated carbocycles. The summed E-state index contributed by atoms with van der Waals surface area (Å²) in [5.74, 6) is -2.77. The van der Waals surface area contributed by atoms with Gasteiger partial charge in [-0.1, -0.05) is 41.5 Å². The van der Waals surface area contributed by atoms with Gasteiger partial charge in [-0.15, -0.1) is 0 Å². The Labute approximate surface area is 191 Å². The number of ketones is 1. The lowest BCUT2D eigenvalue weighted by Crippen LogP contribution is -2.57. The maximum atomic E-state index is 12.8. The third-order valence-corrected chi connectivity index (χ3v) is 4.70. The van der Waals surface area contributed by atoms with Crippen molar-refractivity contribution in [2.75, 3.05) is 0 Å². The number of hydrogen-bond donors (Lipinski definition) is 5. The van der Waals surface area contributed by atoms with Crippen LogP contribution in [0.15, 0.2) is 0 Å². The minimum Gasteiger partial charge on any atom is -0.370 e. The number of Topliss-reactive ketones (excluding diaryl/α,β-unsaturated/α-hetero) is 1. The van der Waals surface area contributed by atoms with Gasteiger partial charge in [0.2, 0.25) is 23.6 Å². The first-order chi connectivity index (χ1) is 14.6. The number of nitrogens with one attached hydrogen (secondary N) is 4. The van der Waals surface area contributed by atoms with E-state index >= 15 is 0 Å². The van der Waals surface area contributed by atoms with Crippen molar-refractivity contribution in [1.82, 2.24) is 21.3 Å². The van der Waals surface area contributed by atoms with Crippen molar-refractivity contribution >= 4 is 29.4 Å². The van der Waals surface area contributed by atoms with E-state index in [4.69, 9.17) is 5.73 Å². The Morgan fingerprint density at radius 2 is 1.19 bits per heavy atom. The first-order valence-electron chi connectivity index (χ1n) is 11.1. The fourth-order valence-electron chi connectivity index (χ4n) is 3.08. The first-order valence-corrected chi connectivity index (χ1v) is 11.1. The van der Waals surface area contributed by atoms with E-state index in [1.807, 2.05) is 27.7 Å². The normalized spacial score (nSPS) is 15.1. The molecule has 184 valence electrons. The van der Waals surface area contributed by atoms with Crippen molar-refractivity contribution < 1.29 is 24.0 Å². The van der Waals surface area contributed by atoms with Crippen molar-refractivity contribution in [3.63, 3.8) is 0 Å². The zero-order valence-corrected chi connectivity index (χ0v) is 20.6. The number of primary amides is 1. The van der Waals surface area contributed by atoms with Gasteiger partial charge in [0.1, 0.15) is 12.1 Å². The van der Waals surface area contributed by atoms with Crippen LogP contribution in [0.1, 0.15) is 68.2 Å². The van der Waals surface area contributed by atoms with Crippen LogP contribution in [0.5, 0.6) is 0 Å². The third kappa shape index (κ3) is 11.2. The lowest BCUT2D eigenvalue weighted by atomic mass is 9.94. The number of carbonyl (C=O) groups excluding carboxylic acids is 5. The Bertz CT molecular complexity index is 678. The summed E-state index contributed by atoms with van der Waals surface area (Å²) < 4.78 is 0. The molecule has 0 aliphatic rings. The molecular weight excluding hydrogens is 414 g/mol. The summed E-state index contributed by atoms with van der Waals surface area (Å²) in [6, 6.07) is -3.40. The molecule has 0 saturated heterocycles. The predicted octanol–water partition coefficient (Wildman–Crippen LogP) is -0.00620. The van der Waals surface area contributed by atoms with Crippen LogP contribution < -0.4 is 27.0 Å². The van der Waals surface area contributed by atoms with Gasteiger partial charge < -0.3 is 27.0 Å². The fourth-order valence-corrected chi connectivity index (χ4v) is 3.08. The number of nitrogens with two attached hydrogens (primary N) is 1. The van der Waals surface area contributed by atoms with Crippen LogP contribution in [0.2, 0.25) is 0 Å². The molecule has 0 aromatic carbocycles. The Hall–Kier alpha value is -2.49. The maximum Gasteiger partial charge on any atom is 0.243 e. The van der Waals surface area contributed by atoms with Crippen LogP contribution in [0.25, 0.3) is 0 Å². The molecule has 10 heteroatoms. The zero-order chi connectivity index (χ0) is 25.2. The van der Waals surface area contributed by atoms with Gasteiger partial charge in [-0.2, -0.15) is 0 Å². The SMILES string of the molecule is CC(C)C[C@H](NC(=O)[C@H](CC(N)=O)NC(=O)[C@H](C)NC(=O)[C@H](C)NC(C)C)C(=O)C(C)C. The van der Waals surface area contributed by atoms with E-state index in [9.17, 15) is 24.0 Å². The van der Waals surface area contributed by atoms with Crippen LogP contribution >= 0.6 is 0 Å². The van der Waals surface area contributed by atoms with Crippen molar-refractivity contribution in [3.05, 3.63) is 0 Å². The van der Waals surface area contributed by atoms with E-state index in [2.05, 4.69) is 21.3 Å². The molecule has 10 nitrogen and oxygen atoms in total. The quantitative estimate of drug-likeness (QED) is 0.248. The molecule has 4 atom stereocenters. The second kappa shape index (κ2) is 13.8. The van der Waals surface area contributed by atoms with Crippen molar-refractivity contribution in [1.29, 1.82) is 0 Å². The molecule has 0 radical (unpaired) electrons. The summed E-state index contributed by atoms with van der Waals surface area (Å²) in [4.78, 5) is 61.6. The minimum atomic E-state index is -1.26. The summed E-state index contributed by atoms with van der Waals surface area (Å²) in [5.41, 5.74) is 5.25. The molecule has 0 bridgehead atoms. The van der Waals surface area contributed by atoms with Crippen LogP contribution in [0.4, 0.5) is 0 Å². The van der Waals surface area contributed by atoms with Crippen LogP contribution in [0, 0.1) is 11.8 Å². The second-order valence-corrected chi connectivity index (χ2v) is 9.25. The van der Waals surface area contributed by atoms with Gasteiger partial charge in [0, 0.05) is 12.0 Å². The van der Waals surface area contributed by atoms with Crippen LogP contribution in [-0.4, -0.2) is 59.6 Å². The Morgan fingerprint density at radius 1 is 0.688 bits per heavy atom. The van der Waals surface area contributed by atoms with Crippen molar-refractivity contribution in [2.45, 2.75) is 98.4 Å². The van der Waals surface area contributed by atoms with Crippen molar-refractivity contribution in [3.8, 4) is 0 Å². The first kappa shape index (κ1) is 29.5. The van der Waals surface area contributed by atoms with E-state index < -0.39 is 48.3 Å². The van der Waals surface area contributed by atoms with E-state index in [-0.39, 0.29) is 29.6 Å². The van der Waals surface area contributed by atoms with Gasteiger partial charge in [0.25, 0.3) is 0 Å². The molecule has 6 N–H and O–H groups in total. The molecular formula is C22H41N5O5. The Balaban J connectivity index is 5.28. The monoisotopic (exact) mass is 455 g/mol. The van der Waals surface area contributed by atoms with Gasteiger partial charge in [-0.25, -0.2) is 0 Å². The average Bonchev–Trinajstić information content (AvgIpc) is 2.64. The fraction of sp³-hybridized carbons (Fsp3) is 0.773. The number of carbonyl (C=O) groups is 5. The summed E-state index contributed by atoms with van der Waals surface area (Å²) in [6.45, 7) is 14.3. The Kier molecular flexibility index (Phi) is 12.7. The molecule has 0 rings (SSSR count). The van der Waals surface area contributed by atoms with Gasteiger partial charge in [-0.3, -0.25) is 24.0 Å². The summed E-state index contributed by atoms with van der Waals surface area (Å²) in [7, 11) is 0. The highest BCUT2D eigenvalue weighted by Crippen LogP contribution is 2.11. The largest absolute Gasteiger partial charge is 0.370 e. The predicted molar refractivity (Wildman–Crippen MR) is 122 cm³/mol. The van der Waals surface area contributed by atoms with E-state index in [0.29, 0.717) is 6.42 Å². The molecule has 0 aromatic heterocycles. The lowest BCUT2D eigenvalue weighted by molar-refractivity contribution is -0.135. The highest BCUT2D eigenvalue weighted by atomic mass is 16.2. The zero-order valence-electron chi connectivity index (χ0n) is 20.6. The highest BCUT2D eigenvalue weighted by Gasteiger charge is 2.30.